The highest BCUT2D eigenvalue weighted by molar-refractivity contribution is 7.89. The molecule has 0 aliphatic carbocycles. The molecule has 1 unspecified atom stereocenters. The third kappa shape index (κ3) is 5.19. The van der Waals surface area contributed by atoms with Crippen LogP contribution in [-0.4, -0.2) is 51.0 Å². The summed E-state index contributed by atoms with van der Waals surface area (Å²) < 4.78 is 37.9. The maximum Gasteiger partial charge on any atom is 0.265 e. The number of hydrogen-bond donors (Lipinski definition) is 1. The van der Waals surface area contributed by atoms with Crippen molar-refractivity contribution in [2.45, 2.75) is 17.9 Å². The Morgan fingerprint density at radius 3 is 2.53 bits per heavy atom. The summed E-state index contributed by atoms with van der Waals surface area (Å²) in [4.78, 5) is 12.5. The second-order valence-electron chi connectivity index (χ2n) is 6.46. The maximum atomic E-state index is 12.9. The minimum Gasteiger partial charge on any atom is -0.479 e. The van der Waals surface area contributed by atoms with E-state index in [-0.39, 0.29) is 39.5 Å². The van der Waals surface area contributed by atoms with E-state index < -0.39 is 22.0 Å². The Kier molecular flexibility index (Phi) is 7.49. The third-order valence-corrected chi connectivity index (χ3v) is 7.56. The van der Waals surface area contributed by atoms with Crippen molar-refractivity contribution >= 4 is 56.4 Å². The van der Waals surface area contributed by atoms with E-state index in [4.69, 9.17) is 44.3 Å². The van der Waals surface area contributed by atoms with Crippen LogP contribution in [0.1, 0.15) is 6.92 Å². The van der Waals surface area contributed by atoms with Gasteiger partial charge in [-0.3, -0.25) is 4.79 Å². The van der Waals surface area contributed by atoms with Gasteiger partial charge in [-0.15, -0.1) is 0 Å². The van der Waals surface area contributed by atoms with Crippen LogP contribution < -0.4 is 10.1 Å². The van der Waals surface area contributed by atoms with Crippen molar-refractivity contribution in [2.24, 2.45) is 0 Å². The van der Waals surface area contributed by atoms with E-state index in [2.05, 4.69) is 5.32 Å². The number of ether oxygens (including phenoxy) is 2. The van der Waals surface area contributed by atoms with E-state index >= 15 is 0 Å². The summed E-state index contributed by atoms with van der Waals surface area (Å²) in [6.07, 6.45) is -0.920. The first-order chi connectivity index (χ1) is 14.2. The van der Waals surface area contributed by atoms with Gasteiger partial charge in [-0.1, -0.05) is 40.9 Å². The standard InChI is InChI=1S/C19H19Cl3N2O5S/c1-12(29-16-4-2-3-15(21)18(16)22)19(25)23-13-5-6-14(20)17(11-13)30(26,27)24-7-9-28-10-8-24/h2-6,11-12H,7-10H2,1H3,(H,23,25). The Hall–Kier alpha value is -1.55. The van der Waals surface area contributed by atoms with Gasteiger partial charge in [0.25, 0.3) is 5.91 Å². The number of amides is 1. The number of nitrogens with zero attached hydrogens (tertiary/aromatic N) is 1. The van der Waals surface area contributed by atoms with Gasteiger partial charge in [-0.05, 0) is 37.3 Å². The molecule has 0 radical (unpaired) electrons. The van der Waals surface area contributed by atoms with E-state index in [0.717, 1.165) is 0 Å². The molecule has 0 aromatic heterocycles. The normalized spacial score (nSPS) is 16.1. The second kappa shape index (κ2) is 9.72. The molecule has 1 heterocycles. The monoisotopic (exact) mass is 492 g/mol. The Balaban J connectivity index is 1.76. The molecule has 0 saturated carbocycles. The molecule has 1 aliphatic rings. The highest BCUT2D eigenvalue weighted by Gasteiger charge is 2.29. The number of carbonyl (C=O) groups excluding carboxylic acids is 1. The van der Waals surface area contributed by atoms with Crippen LogP contribution in [0.2, 0.25) is 15.1 Å². The number of sulfonamides is 1. The molecule has 0 spiro atoms. The molecule has 1 amide bonds. The summed E-state index contributed by atoms with van der Waals surface area (Å²) >= 11 is 18.2. The second-order valence-corrected chi connectivity index (χ2v) is 9.56. The van der Waals surface area contributed by atoms with Gasteiger partial charge in [0.05, 0.1) is 23.3 Å². The number of halogens is 3. The largest absolute Gasteiger partial charge is 0.479 e. The Bertz CT molecular complexity index is 1040. The molecule has 1 N–H and O–H groups in total. The summed E-state index contributed by atoms with van der Waals surface area (Å²) in [6, 6.07) is 9.10. The van der Waals surface area contributed by atoms with E-state index in [1.54, 1.807) is 18.2 Å². The SMILES string of the molecule is CC(Oc1cccc(Cl)c1Cl)C(=O)Nc1ccc(Cl)c(S(=O)(=O)N2CCOCC2)c1. The molecule has 2 aromatic rings. The van der Waals surface area contributed by atoms with Gasteiger partial charge >= 0.3 is 0 Å². The summed E-state index contributed by atoms with van der Waals surface area (Å²) in [7, 11) is -3.82. The number of hydrogen-bond acceptors (Lipinski definition) is 5. The number of rotatable bonds is 6. The first-order valence-electron chi connectivity index (χ1n) is 8.99. The van der Waals surface area contributed by atoms with E-state index in [1.165, 1.54) is 29.4 Å². The molecule has 162 valence electrons. The lowest BCUT2D eigenvalue weighted by Gasteiger charge is -2.26. The molecule has 0 bridgehead atoms. The average molecular weight is 494 g/mol. The van der Waals surface area contributed by atoms with E-state index in [0.29, 0.717) is 18.2 Å². The molecule has 1 aliphatic heterocycles. The van der Waals surface area contributed by atoms with Gasteiger partial charge in [0.1, 0.15) is 15.7 Å². The fourth-order valence-electron chi connectivity index (χ4n) is 2.77. The smallest absolute Gasteiger partial charge is 0.265 e. The van der Waals surface area contributed by atoms with E-state index in [1.807, 2.05) is 0 Å². The highest BCUT2D eigenvalue weighted by Crippen LogP contribution is 2.32. The van der Waals surface area contributed by atoms with Gasteiger partial charge in [0.15, 0.2) is 6.10 Å². The summed E-state index contributed by atoms with van der Waals surface area (Å²) in [5, 5.41) is 3.20. The first-order valence-corrected chi connectivity index (χ1v) is 11.6. The molecular formula is C19H19Cl3N2O5S. The lowest BCUT2D eigenvalue weighted by Crippen LogP contribution is -2.40. The van der Waals surface area contributed by atoms with E-state index in [9.17, 15) is 13.2 Å². The lowest BCUT2D eigenvalue weighted by atomic mass is 10.3. The van der Waals surface area contributed by atoms with Crippen LogP contribution in [0, 0.1) is 0 Å². The van der Waals surface area contributed by atoms with Gasteiger partial charge < -0.3 is 14.8 Å². The maximum absolute atomic E-state index is 12.9. The molecule has 1 atom stereocenters. The topological polar surface area (TPSA) is 84.9 Å². The number of benzene rings is 2. The number of carbonyl (C=O) groups is 1. The Morgan fingerprint density at radius 1 is 1.13 bits per heavy atom. The van der Waals surface area contributed by atoms with Gasteiger partial charge in [0.2, 0.25) is 10.0 Å². The van der Waals surface area contributed by atoms with Gasteiger partial charge in [-0.25, -0.2) is 8.42 Å². The van der Waals surface area contributed by atoms with Gasteiger partial charge in [-0.2, -0.15) is 4.31 Å². The Labute approximate surface area is 189 Å². The summed E-state index contributed by atoms with van der Waals surface area (Å²) in [5.74, 6) is -0.235. The highest BCUT2D eigenvalue weighted by atomic mass is 35.5. The van der Waals surface area contributed by atoms with Crippen LogP contribution in [0.3, 0.4) is 0 Å². The van der Waals surface area contributed by atoms with Crippen molar-refractivity contribution in [2.75, 3.05) is 31.6 Å². The van der Waals surface area contributed by atoms with Crippen molar-refractivity contribution < 1.29 is 22.7 Å². The van der Waals surface area contributed by atoms with Crippen LogP contribution >= 0.6 is 34.8 Å². The molecule has 11 heteroatoms. The van der Waals surface area contributed by atoms with Crippen molar-refractivity contribution in [3.05, 3.63) is 51.5 Å². The van der Waals surface area contributed by atoms with Crippen molar-refractivity contribution in [1.29, 1.82) is 0 Å². The molecule has 2 aromatic carbocycles. The summed E-state index contributed by atoms with van der Waals surface area (Å²) in [5.41, 5.74) is 0.267. The molecule has 3 rings (SSSR count). The zero-order valence-electron chi connectivity index (χ0n) is 15.9. The number of nitrogens with one attached hydrogen (secondary N) is 1. The van der Waals surface area contributed by atoms with Crippen LogP contribution in [0.25, 0.3) is 0 Å². The molecular weight excluding hydrogens is 475 g/mol. The van der Waals surface area contributed by atoms with Crippen molar-refractivity contribution in [3.63, 3.8) is 0 Å². The van der Waals surface area contributed by atoms with Crippen molar-refractivity contribution in [1.82, 2.24) is 4.31 Å². The van der Waals surface area contributed by atoms with Crippen LogP contribution in [-0.2, 0) is 19.6 Å². The zero-order valence-corrected chi connectivity index (χ0v) is 19.0. The zero-order chi connectivity index (χ0) is 21.9. The van der Waals surface area contributed by atoms with Crippen LogP contribution in [0.5, 0.6) is 5.75 Å². The van der Waals surface area contributed by atoms with Crippen molar-refractivity contribution in [3.8, 4) is 5.75 Å². The lowest BCUT2D eigenvalue weighted by molar-refractivity contribution is -0.122. The fraction of sp³-hybridized carbons (Fsp3) is 0.316. The van der Waals surface area contributed by atoms with Crippen LogP contribution in [0.4, 0.5) is 5.69 Å². The molecule has 7 nitrogen and oxygen atoms in total. The van der Waals surface area contributed by atoms with Gasteiger partial charge in [0, 0.05) is 18.8 Å². The summed E-state index contributed by atoms with van der Waals surface area (Å²) in [6.45, 7) is 2.64. The predicted molar refractivity (Wildman–Crippen MR) is 116 cm³/mol. The van der Waals surface area contributed by atoms with Crippen LogP contribution in [0.15, 0.2) is 41.3 Å². The number of morpholine rings is 1. The average Bonchev–Trinajstić information content (AvgIpc) is 2.73. The molecule has 1 saturated heterocycles. The predicted octanol–water partition coefficient (Wildman–Crippen LogP) is 4.07. The molecule has 30 heavy (non-hydrogen) atoms. The molecule has 1 fully saturated rings. The Morgan fingerprint density at radius 2 is 1.83 bits per heavy atom. The number of anilines is 1. The minimum atomic E-state index is -3.82. The first kappa shape index (κ1) is 23.1. The minimum absolute atomic E-state index is 0.0644. The third-order valence-electron chi connectivity index (χ3n) is 4.38. The quantitative estimate of drug-likeness (QED) is 0.656. The fourth-order valence-corrected chi connectivity index (χ4v) is 5.01.